The summed E-state index contributed by atoms with van der Waals surface area (Å²) in [6.07, 6.45) is 8.95. The summed E-state index contributed by atoms with van der Waals surface area (Å²) in [5.74, 6) is 0.0333. The van der Waals surface area contributed by atoms with Gasteiger partial charge in [-0.05, 0) is 130 Å². The van der Waals surface area contributed by atoms with Gasteiger partial charge in [0.1, 0.15) is 6.10 Å². The third-order valence-electron chi connectivity index (χ3n) is 16.2. The molecule has 4 fully saturated rings. The van der Waals surface area contributed by atoms with Crippen LogP contribution in [0.2, 0.25) is 0 Å². The molecule has 0 aromatic carbocycles. The average molecular weight is 719 g/mol. The van der Waals surface area contributed by atoms with Gasteiger partial charge in [0, 0.05) is 36.0 Å². The number of nitrogens with one attached hydrogen (secondary N) is 1. The maximum absolute atomic E-state index is 14.1. The van der Waals surface area contributed by atoms with Gasteiger partial charge in [0.2, 0.25) is 0 Å². The maximum Gasteiger partial charge on any atom is 0.309 e. The van der Waals surface area contributed by atoms with Gasteiger partial charge in [0.25, 0.3) is 0 Å². The van der Waals surface area contributed by atoms with E-state index in [4.69, 9.17) is 4.74 Å². The summed E-state index contributed by atoms with van der Waals surface area (Å²) in [5.41, 5.74) is 1.37. The second-order valence-electron chi connectivity index (χ2n) is 20.0. The summed E-state index contributed by atoms with van der Waals surface area (Å²) in [5, 5.41) is 25.4. The third kappa shape index (κ3) is 5.92. The fourth-order valence-corrected chi connectivity index (χ4v) is 13.1. The van der Waals surface area contributed by atoms with Crippen LogP contribution < -0.4 is 5.32 Å². The quantitative estimate of drug-likeness (QED) is 0.206. The lowest BCUT2D eigenvalue weighted by atomic mass is 9.33. The lowest BCUT2D eigenvalue weighted by Gasteiger charge is -2.72. The largest absolute Gasteiger partial charge is 0.481 e. The van der Waals surface area contributed by atoms with Crippen LogP contribution in [0.15, 0.2) is 35.5 Å². The van der Waals surface area contributed by atoms with Crippen LogP contribution in [0.25, 0.3) is 0 Å². The van der Waals surface area contributed by atoms with Gasteiger partial charge in [0.05, 0.1) is 23.6 Å². The van der Waals surface area contributed by atoms with Crippen LogP contribution in [0.4, 0.5) is 0 Å². The Kier molecular flexibility index (Phi) is 10.0. The predicted octanol–water partition coefficient (Wildman–Crippen LogP) is 8.49. The molecule has 10 atom stereocenters. The van der Waals surface area contributed by atoms with Crippen molar-refractivity contribution in [2.24, 2.45) is 56.2 Å². The highest BCUT2D eigenvalue weighted by Gasteiger charge is 2.70. The smallest absolute Gasteiger partial charge is 0.309 e. The van der Waals surface area contributed by atoms with Gasteiger partial charge in [-0.3, -0.25) is 19.4 Å². The van der Waals surface area contributed by atoms with Crippen LogP contribution in [0.1, 0.15) is 145 Å². The first-order chi connectivity index (χ1) is 24.2. The SMILES string of the molecule is CC(C)C1=C2C3CCC4C5(C)CCC(OC(=O)CC(C)(C)C(=O)O)C(C)(C)C5CCC4(C)C3(C)CCC2(C(O)CNC(C)c2ccccn2)CC1=O. The van der Waals surface area contributed by atoms with E-state index in [9.17, 15) is 24.6 Å². The number of carbonyl (C=O) groups is 3. The van der Waals surface area contributed by atoms with Crippen molar-refractivity contribution < 1.29 is 29.3 Å². The van der Waals surface area contributed by atoms with Gasteiger partial charge in [-0.15, -0.1) is 0 Å². The van der Waals surface area contributed by atoms with Crippen molar-refractivity contribution in [1.29, 1.82) is 0 Å². The molecule has 0 aliphatic heterocycles. The number of ether oxygens (including phenoxy) is 1. The number of hydrogen-bond acceptors (Lipinski definition) is 7. The molecule has 3 N–H and O–H groups in total. The first-order valence-corrected chi connectivity index (χ1v) is 20.2. The molecular formula is C44H66N2O6. The molecule has 5 aliphatic rings. The van der Waals surface area contributed by atoms with Crippen molar-refractivity contribution in [2.45, 2.75) is 152 Å². The molecule has 1 aromatic heterocycles. The molecule has 0 amide bonds. The van der Waals surface area contributed by atoms with Crippen LogP contribution in [0.5, 0.6) is 0 Å². The van der Waals surface area contributed by atoms with E-state index in [0.717, 1.165) is 62.6 Å². The molecule has 8 nitrogen and oxygen atoms in total. The second kappa shape index (κ2) is 13.3. The Hall–Kier alpha value is -2.58. The normalized spacial score (nSPS) is 38.1. The molecule has 288 valence electrons. The standard InChI is InChI=1S/C44H66N2O6/c1-26(2)36-30(47)23-44(33(48)25-46-27(3)29-13-11-12-22-45-29)21-20-42(9)28(37(36)44)14-15-32-41(8)18-17-34(52-35(49)24-39(4,5)38(50)51)40(6,7)31(41)16-19-43(32,42)10/h11-13,22,26-28,31-34,46,48H,14-21,23-25H2,1-10H3,(H,50,51). The van der Waals surface area contributed by atoms with Crippen LogP contribution >= 0.6 is 0 Å². The molecule has 0 radical (unpaired) electrons. The molecule has 0 saturated heterocycles. The summed E-state index contributed by atoms with van der Waals surface area (Å²) in [6, 6.07) is 5.89. The van der Waals surface area contributed by atoms with Gasteiger partial charge < -0.3 is 20.3 Å². The highest BCUT2D eigenvalue weighted by molar-refractivity contribution is 6.00. The van der Waals surface area contributed by atoms with Crippen LogP contribution in [0.3, 0.4) is 0 Å². The number of aliphatic carboxylic acids is 1. The summed E-state index contributed by atoms with van der Waals surface area (Å²) in [4.78, 5) is 43.4. The van der Waals surface area contributed by atoms with Crippen LogP contribution in [-0.4, -0.2) is 51.7 Å². The number of aliphatic hydroxyl groups is 1. The Balaban J connectivity index is 1.27. The molecule has 6 rings (SSSR count). The molecular weight excluding hydrogens is 652 g/mol. The van der Waals surface area contributed by atoms with E-state index in [1.54, 1.807) is 20.0 Å². The fourth-order valence-electron chi connectivity index (χ4n) is 13.1. The number of allylic oxidation sites excluding steroid dienone is 1. The summed E-state index contributed by atoms with van der Waals surface area (Å²) in [6.45, 7) is 22.1. The van der Waals surface area contributed by atoms with E-state index in [1.807, 2.05) is 18.2 Å². The van der Waals surface area contributed by atoms with E-state index in [0.29, 0.717) is 24.8 Å². The molecule has 0 spiro atoms. The summed E-state index contributed by atoms with van der Waals surface area (Å²) < 4.78 is 6.17. The lowest BCUT2D eigenvalue weighted by molar-refractivity contribution is -0.235. The molecule has 8 heteroatoms. The van der Waals surface area contributed by atoms with Gasteiger partial charge in [-0.25, -0.2) is 0 Å². The van der Waals surface area contributed by atoms with E-state index in [-0.39, 0.29) is 57.8 Å². The third-order valence-corrected chi connectivity index (χ3v) is 16.2. The van der Waals surface area contributed by atoms with E-state index in [1.165, 1.54) is 5.57 Å². The molecule has 5 aliphatic carbocycles. The molecule has 4 saturated carbocycles. The van der Waals surface area contributed by atoms with Crippen molar-refractivity contribution in [2.75, 3.05) is 6.54 Å². The molecule has 1 aromatic rings. The number of ketones is 1. The van der Waals surface area contributed by atoms with Crippen molar-refractivity contribution >= 4 is 17.7 Å². The topological polar surface area (TPSA) is 126 Å². The number of carbonyl (C=O) groups excluding carboxylic acids is 2. The zero-order valence-electron chi connectivity index (χ0n) is 33.6. The number of carboxylic acid groups (broad SMARTS) is 1. The number of esters is 1. The Morgan fingerprint density at radius 3 is 2.31 bits per heavy atom. The first-order valence-electron chi connectivity index (χ1n) is 20.2. The van der Waals surface area contributed by atoms with E-state index in [2.05, 4.69) is 65.7 Å². The number of hydrogen-bond donors (Lipinski definition) is 3. The summed E-state index contributed by atoms with van der Waals surface area (Å²) >= 11 is 0. The monoisotopic (exact) mass is 718 g/mol. The lowest BCUT2D eigenvalue weighted by Crippen LogP contribution is -2.66. The second-order valence-corrected chi connectivity index (χ2v) is 20.0. The molecule has 10 unspecified atom stereocenters. The van der Waals surface area contributed by atoms with Gasteiger partial charge in [-0.1, -0.05) is 60.1 Å². The number of nitrogens with zero attached hydrogens (tertiary/aromatic N) is 1. The van der Waals surface area contributed by atoms with Gasteiger partial charge in [0.15, 0.2) is 5.78 Å². The van der Waals surface area contributed by atoms with Crippen LogP contribution in [0, 0.1) is 56.2 Å². The Labute approximate surface area is 312 Å². The highest BCUT2D eigenvalue weighted by atomic mass is 16.5. The first kappa shape index (κ1) is 39.1. The predicted molar refractivity (Wildman–Crippen MR) is 202 cm³/mol. The number of carboxylic acids is 1. The average Bonchev–Trinajstić information content (AvgIpc) is 3.38. The van der Waals surface area contributed by atoms with Crippen molar-refractivity contribution in [3.63, 3.8) is 0 Å². The number of fused-ring (bicyclic) bond motifs is 7. The minimum absolute atomic E-state index is 0.0139. The van der Waals surface area contributed by atoms with E-state index < -0.39 is 28.9 Å². The number of Topliss-reactive ketones (excluding diaryl/α,β-unsaturated/α-hetero) is 1. The number of aromatic nitrogens is 1. The summed E-state index contributed by atoms with van der Waals surface area (Å²) in [7, 11) is 0. The molecule has 1 heterocycles. The van der Waals surface area contributed by atoms with Crippen molar-refractivity contribution in [3.8, 4) is 0 Å². The maximum atomic E-state index is 14.1. The van der Waals surface area contributed by atoms with Crippen molar-refractivity contribution in [1.82, 2.24) is 10.3 Å². The molecule has 52 heavy (non-hydrogen) atoms. The minimum Gasteiger partial charge on any atom is -0.481 e. The Morgan fingerprint density at radius 1 is 0.962 bits per heavy atom. The van der Waals surface area contributed by atoms with E-state index >= 15 is 0 Å². The van der Waals surface area contributed by atoms with Gasteiger partial charge in [-0.2, -0.15) is 0 Å². The fraction of sp³-hybridized carbons (Fsp3) is 0.773. The number of rotatable bonds is 10. The number of pyridine rings is 1. The zero-order valence-corrected chi connectivity index (χ0v) is 33.6. The number of aliphatic hydroxyl groups excluding tert-OH is 1. The molecule has 0 bridgehead atoms. The van der Waals surface area contributed by atoms with Crippen molar-refractivity contribution in [3.05, 3.63) is 41.2 Å². The highest BCUT2D eigenvalue weighted by Crippen LogP contribution is 2.77. The van der Waals surface area contributed by atoms with Crippen LogP contribution in [-0.2, 0) is 19.1 Å². The minimum atomic E-state index is -1.16. The zero-order chi connectivity index (χ0) is 38.2. The Bertz CT molecular complexity index is 1600. The van der Waals surface area contributed by atoms with Gasteiger partial charge >= 0.3 is 11.9 Å². The Morgan fingerprint density at radius 2 is 1.67 bits per heavy atom.